The standard InChI is InChI=1S/C21H22O3S2/c1-14-4-6-16(7-5-14)19(22)15(2)24-20(23)17-8-10-18(11-9-17)21-25-12-3-13-26-21/h4-11,15,21H,3,12-13H2,1-2H3/t15-/m1/s1. The fourth-order valence-electron chi connectivity index (χ4n) is 2.69. The molecule has 136 valence electrons. The Morgan fingerprint density at radius 1 is 0.962 bits per heavy atom. The van der Waals surface area contributed by atoms with Gasteiger partial charge in [-0.05, 0) is 49.5 Å². The molecular formula is C21H22O3S2. The fraction of sp³-hybridized carbons (Fsp3) is 0.333. The van der Waals surface area contributed by atoms with Crippen molar-refractivity contribution in [1.29, 1.82) is 0 Å². The first-order chi connectivity index (χ1) is 12.5. The number of hydrogen-bond donors (Lipinski definition) is 0. The number of thioether (sulfide) groups is 2. The molecule has 0 radical (unpaired) electrons. The second kappa shape index (κ2) is 8.78. The van der Waals surface area contributed by atoms with E-state index < -0.39 is 12.1 Å². The van der Waals surface area contributed by atoms with Crippen LogP contribution in [0.4, 0.5) is 0 Å². The smallest absolute Gasteiger partial charge is 0.338 e. The molecular weight excluding hydrogens is 364 g/mol. The molecule has 0 aromatic heterocycles. The third-order valence-electron chi connectivity index (χ3n) is 4.23. The number of carbonyl (C=O) groups excluding carboxylic acids is 2. The molecule has 0 saturated carbocycles. The van der Waals surface area contributed by atoms with E-state index in [0.29, 0.717) is 15.7 Å². The summed E-state index contributed by atoms with van der Waals surface area (Å²) in [6, 6.07) is 14.8. The minimum absolute atomic E-state index is 0.190. The topological polar surface area (TPSA) is 43.4 Å². The van der Waals surface area contributed by atoms with Crippen LogP contribution in [-0.4, -0.2) is 29.4 Å². The van der Waals surface area contributed by atoms with E-state index in [1.54, 1.807) is 31.2 Å². The first-order valence-corrected chi connectivity index (χ1v) is 10.8. The highest BCUT2D eigenvalue weighted by Gasteiger charge is 2.21. The Hall–Kier alpha value is -1.72. The van der Waals surface area contributed by atoms with E-state index in [0.717, 1.165) is 5.56 Å². The summed E-state index contributed by atoms with van der Waals surface area (Å²) in [6.07, 6.45) is 0.442. The quantitative estimate of drug-likeness (QED) is 0.516. The van der Waals surface area contributed by atoms with Crippen molar-refractivity contribution in [2.75, 3.05) is 11.5 Å². The van der Waals surface area contributed by atoms with E-state index in [9.17, 15) is 9.59 Å². The summed E-state index contributed by atoms with van der Waals surface area (Å²) in [4.78, 5) is 24.7. The van der Waals surface area contributed by atoms with Gasteiger partial charge in [0, 0.05) is 5.56 Å². The second-order valence-corrected chi connectivity index (χ2v) is 9.05. The molecule has 3 nitrogen and oxygen atoms in total. The van der Waals surface area contributed by atoms with Crippen LogP contribution in [0.3, 0.4) is 0 Å². The Labute approximate surface area is 162 Å². The van der Waals surface area contributed by atoms with Crippen LogP contribution in [0.2, 0.25) is 0 Å². The molecule has 1 fully saturated rings. The molecule has 0 spiro atoms. The molecule has 0 amide bonds. The monoisotopic (exact) mass is 386 g/mol. The highest BCUT2D eigenvalue weighted by molar-refractivity contribution is 8.16. The number of Topliss-reactive ketones (excluding diaryl/α,β-unsaturated/α-hetero) is 1. The van der Waals surface area contributed by atoms with Gasteiger partial charge in [0.05, 0.1) is 10.1 Å². The number of aryl methyl sites for hydroxylation is 1. The zero-order valence-electron chi connectivity index (χ0n) is 14.9. The summed E-state index contributed by atoms with van der Waals surface area (Å²) in [5.41, 5.74) is 3.33. The van der Waals surface area contributed by atoms with Gasteiger partial charge in [-0.3, -0.25) is 4.79 Å². The molecule has 0 aliphatic carbocycles. The molecule has 1 aliphatic heterocycles. The van der Waals surface area contributed by atoms with Gasteiger partial charge in [0.25, 0.3) is 0 Å². The van der Waals surface area contributed by atoms with Crippen molar-refractivity contribution in [3.05, 3.63) is 70.8 Å². The SMILES string of the molecule is Cc1ccc(C(=O)[C@@H](C)OC(=O)c2ccc(C3SCCCS3)cc2)cc1. The van der Waals surface area contributed by atoms with E-state index in [4.69, 9.17) is 4.74 Å². The lowest BCUT2D eigenvalue weighted by atomic mass is 10.1. The van der Waals surface area contributed by atoms with E-state index >= 15 is 0 Å². The van der Waals surface area contributed by atoms with Crippen molar-refractivity contribution >= 4 is 35.3 Å². The molecule has 1 saturated heterocycles. The average molecular weight is 387 g/mol. The zero-order valence-corrected chi connectivity index (χ0v) is 16.6. The van der Waals surface area contributed by atoms with E-state index in [1.165, 1.54) is 23.5 Å². The van der Waals surface area contributed by atoms with E-state index in [1.807, 2.05) is 54.7 Å². The maximum absolute atomic E-state index is 12.4. The van der Waals surface area contributed by atoms with Crippen LogP contribution in [0.15, 0.2) is 48.5 Å². The van der Waals surface area contributed by atoms with Crippen molar-refractivity contribution in [1.82, 2.24) is 0 Å². The maximum Gasteiger partial charge on any atom is 0.338 e. The Kier molecular flexibility index (Phi) is 6.43. The van der Waals surface area contributed by atoms with E-state index in [-0.39, 0.29) is 5.78 Å². The molecule has 1 aliphatic rings. The van der Waals surface area contributed by atoms with Crippen molar-refractivity contribution in [2.24, 2.45) is 0 Å². The van der Waals surface area contributed by atoms with Gasteiger partial charge in [-0.2, -0.15) is 0 Å². The second-order valence-electron chi connectivity index (χ2n) is 6.33. The third-order valence-corrected chi connectivity index (χ3v) is 7.25. The number of esters is 1. The average Bonchev–Trinajstić information content (AvgIpc) is 2.68. The van der Waals surface area contributed by atoms with Crippen molar-refractivity contribution < 1.29 is 14.3 Å². The van der Waals surface area contributed by atoms with Crippen LogP contribution < -0.4 is 0 Å². The van der Waals surface area contributed by atoms with E-state index in [2.05, 4.69) is 0 Å². The normalized spacial score (nSPS) is 16.1. The number of benzene rings is 2. The summed E-state index contributed by atoms with van der Waals surface area (Å²) in [7, 11) is 0. The Bertz CT molecular complexity index is 763. The van der Waals surface area contributed by atoms with Gasteiger partial charge >= 0.3 is 5.97 Å². The lowest BCUT2D eigenvalue weighted by molar-refractivity contribution is 0.0319. The number of rotatable bonds is 5. The van der Waals surface area contributed by atoms with Gasteiger partial charge in [0.15, 0.2) is 6.10 Å². The predicted molar refractivity (Wildman–Crippen MR) is 109 cm³/mol. The fourth-order valence-corrected chi connectivity index (χ4v) is 5.59. The molecule has 5 heteroatoms. The van der Waals surface area contributed by atoms with Crippen LogP contribution in [-0.2, 0) is 4.74 Å². The van der Waals surface area contributed by atoms with Crippen LogP contribution in [0, 0.1) is 6.92 Å². The lowest BCUT2D eigenvalue weighted by Gasteiger charge is -2.21. The molecule has 26 heavy (non-hydrogen) atoms. The molecule has 0 unspecified atom stereocenters. The zero-order chi connectivity index (χ0) is 18.5. The molecule has 0 N–H and O–H groups in total. The van der Waals surface area contributed by atoms with Crippen molar-refractivity contribution in [2.45, 2.75) is 31.0 Å². The highest BCUT2D eigenvalue weighted by Crippen LogP contribution is 2.43. The van der Waals surface area contributed by atoms with Crippen molar-refractivity contribution in [3.8, 4) is 0 Å². The van der Waals surface area contributed by atoms with Gasteiger partial charge in [0.1, 0.15) is 0 Å². The first-order valence-electron chi connectivity index (χ1n) is 8.69. The number of hydrogen-bond acceptors (Lipinski definition) is 5. The first kappa shape index (κ1) is 19.1. The minimum atomic E-state index is -0.811. The van der Waals surface area contributed by atoms with Crippen LogP contribution in [0.1, 0.15) is 49.8 Å². The number of ether oxygens (including phenoxy) is 1. The minimum Gasteiger partial charge on any atom is -0.451 e. The summed E-state index contributed by atoms with van der Waals surface area (Å²) < 4.78 is 5.81. The number of carbonyl (C=O) groups is 2. The predicted octanol–water partition coefficient (Wildman–Crippen LogP) is 5.29. The third kappa shape index (κ3) is 4.71. The van der Waals surface area contributed by atoms with Gasteiger partial charge in [-0.25, -0.2) is 4.79 Å². The maximum atomic E-state index is 12.4. The lowest BCUT2D eigenvalue weighted by Crippen LogP contribution is -2.24. The molecule has 0 bridgehead atoms. The molecule has 1 heterocycles. The summed E-state index contributed by atoms with van der Waals surface area (Å²) in [5.74, 6) is 1.71. The number of ketones is 1. The Morgan fingerprint density at radius 2 is 1.54 bits per heavy atom. The van der Waals surface area contributed by atoms with Crippen LogP contribution in [0.5, 0.6) is 0 Å². The van der Waals surface area contributed by atoms with Crippen molar-refractivity contribution in [3.63, 3.8) is 0 Å². The van der Waals surface area contributed by atoms with Crippen LogP contribution in [0.25, 0.3) is 0 Å². The van der Waals surface area contributed by atoms with Gasteiger partial charge < -0.3 is 4.74 Å². The highest BCUT2D eigenvalue weighted by atomic mass is 32.2. The molecule has 1 atom stereocenters. The molecule has 2 aromatic carbocycles. The van der Waals surface area contributed by atoms with Gasteiger partial charge in [-0.15, -0.1) is 23.5 Å². The van der Waals surface area contributed by atoms with Crippen LogP contribution >= 0.6 is 23.5 Å². The summed E-state index contributed by atoms with van der Waals surface area (Å²) in [6.45, 7) is 3.58. The van der Waals surface area contributed by atoms with Gasteiger partial charge in [0.2, 0.25) is 5.78 Å². The summed E-state index contributed by atoms with van der Waals surface area (Å²) in [5, 5.41) is 0. The Morgan fingerprint density at radius 3 is 2.15 bits per heavy atom. The largest absolute Gasteiger partial charge is 0.451 e. The summed E-state index contributed by atoms with van der Waals surface area (Å²) >= 11 is 3.89. The molecule has 2 aromatic rings. The van der Waals surface area contributed by atoms with Gasteiger partial charge in [-0.1, -0.05) is 42.0 Å². The Balaban J connectivity index is 1.61. The molecule has 3 rings (SSSR count).